The molecule has 3 heterocycles. The topological polar surface area (TPSA) is 54.8 Å². The van der Waals surface area contributed by atoms with Gasteiger partial charge in [-0.1, -0.05) is 0 Å². The summed E-state index contributed by atoms with van der Waals surface area (Å²) in [5, 5.41) is 0. The molecule has 2 aliphatic heterocycles. The molecule has 0 atom stereocenters. The number of methoxy groups -OCH3 is 1. The summed E-state index contributed by atoms with van der Waals surface area (Å²) in [5.74, 6) is 0.692. The lowest BCUT2D eigenvalue weighted by molar-refractivity contribution is -0.137. The zero-order valence-electron chi connectivity index (χ0n) is 17.6. The number of aromatic nitrogens is 1. The number of carbonyl (C=O) groups excluding carboxylic acids is 1. The van der Waals surface area contributed by atoms with Gasteiger partial charge in [-0.05, 0) is 31.2 Å². The minimum absolute atomic E-state index is 0.000393. The van der Waals surface area contributed by atoms with E-state index in [2.05, 4.69) is 0 Å². The third kappa shape index (κ3) is 3.77. The molecule has 0 bridgehead atoms. The number of halogens is 3. The number of pyridine rings is 1. The number of nitrogens with zero attached hydrogens (tertiary/aromatic N) is 3. The Bertz CT molecular complexity index is 1070. The van der Waals surface area contributed by atoms with Crippen LogP contribution in [0.4, 0.5) is 18.9 Å². The highest BCUT2D eigenvalue weighted by atomic mass is 19.4. The van der Waals surface area contributed by atoms with E-state index in [0.717, 1.165) is 29.1 Å². The largest absolute Gasteiger partial charge is 0.496 e. The SMILES string of the molecule is COc1c2c(n(C)c(=O)c1C)CN(C(=O)CC1CN(c3ccc(C(F)(F)F)cc3)C1)C2. The lowest BCUT2D eigenvalue weighted by Gasteiger charge is -2.41. The average Bonchev–Trinajstić information content (AvgIpc) is 3.14. The number of amides is 1. The Morgan fingerprint density at radius 2 is 1.81 bits per heavy atom. The van der Waals surface area contributed by atoms with Crippen LogP contribution < -0.4 is 15.2 Å². The number of ether oxygens (including phenoxy) is 1. The number of hydrogen-bond donors (Lipinski definition) is 0. The second kappa shape index (κ2) is 7.62. The van der Waals surface area contributed by atoms with Gasteiger partial charge in [0.15, 0.2) is 0 Å². The Morgan fingerprint density at radius 1 is 1.16 bits per heavy atom. The fourth-order valence-electron chi connectivity index (χ4n) is 4.42. The van der Waals surface area contributed by atoms with E-state index in [1.54, 1.807) is 23.4 Å². The van der Waals surface area contributed by atoms with Crippen LogP contribution >= 0.6 is 0 Å². The van der Waals surface area contributed by atoms with Crippen molar-refractivity contribution in [2.24, 2.45) is 13.0 Å². The van der Waals surface area contributed by atoms with Crippen LogP contribution in [0.1, 0.15) is 28.8 Å². The number of alkyl halides is 3. The number of anilines is 1. The number of hydrogen-bond acceptors (Lipinski definition) is 4. The Hall–Kier alpha value is -2.97. The standard InChI is InChI=1S/C22H24F3N3O3/c1-13-20(31-3)17-11-28(12-18(17)26(2)21(13)30)19(29)8-14-9-27(10-14)16-6-4-15(5-7-16)22(23,24)25/h4-7,14H,8-12H2,1-3H3. The highest BCUT2D eigenvalue weighted by Crippen LogP contribution is 2.35. The van der Waals surface area contributed by atoms with Gasteiger partial charge in [-0.25, -0.2) is 0 Å². The van der Waals surface area contributed by atoms with Crippen molar-refractivity contribution in [1.29, 1.82) is 0 Å². The third-order valence-corrected chi connectivity index (χ3v) is 6.22. The molecule has 0 unspecified atom stereocenters. The first-order valence-electron chi connectivity index (χ1n) is 10.1. The lowest BCUT2D eigenvalue weighted by atomic mass is 9.94. The van der Waals surface area contributed by atoms with Crippen molar-refractivity contribution in [3.8, 4) is 5.75 Å². The predicted octanol–water partition coefficient (Wildman–Crippen LogP) is 3.09. The summed E-state index contributed by atoms with van der Waals surface area (Å²) in [6, 6.07) is 5.09. The molecular weight excluding hydrogens is 411 g/mol. The van der Waals surface area contributed by atoms with Gasteiger partial charge in [-0.15, -0.1) is 0 Å². The van der Waals surface area contributed by atoms with E-state index in [1.165, 1.54) is 19.2 Å². The van der Waals surface area contributed by atoms with Gasteiger partial charge < -0.3 is 19.1 Å². The summed E-state index contributed by atoms with van der Waals surface area (Å²) in [6.45, 7) is 3.74. The molecule has 2 aromatic rings. The first kappa shape index (κ1) is 21.3. The molecule has 166 valence electrons. The van der Waals surface area contributed by atoms with E-state index in [9.17, 15) is 22.8 Å². The third-order valence-electron chi connectivity index (χ3n) is 6.22. The maximum absolute atomic E-state index is 12.9. The van der Waals surface area contributed by atoms with Gasteiger partial charge in [0.25, 0.3) is 5.56 Å². The Labute approximate surface area is 177 Å². The Kier molecular flexibility index (Phi) is 5.23. The molecule has 1 amide bonds. The minimum Gasteiger partial charge on any atom is -0.496 e. The highest BCUT2D eigenvalue weighted by molar-refractivity contribution is 5.78. The van der Waals surface area contributed by atoms with Crippen molar-refractivity contribution in [3.63, 3.8) is 0 Å². The molecule has 2 aliphatic rings. The molecule has 6 nitrogen and oxygen atoms in total. The normalized spacial score (nSPS) is 16.3. The zero-order valence-corrected chi connectivity index (χ0v) is 17.6. The lowest BCUT2D eigenvalue weighted by Crippen LogP contribution is -2.48. The van der Waals surface area contributed by atoms with Crippen molar-refractivity contribution in [2.75, 3.05) is 25.1 Å². The molecule has 1 fully saturated rings. The van der Waals surface area contributed by atoms with Gasteiger partial charge in [-0.3, -0.25) is 9.59 Å². The van der Waals surface area contributed by atoms with E-state index < -0.39 is 11.7 Å². The number of benzene rings is 1. The molecule has 0 N–H and O–H groups in total. The summed E-state index contributed by atoms with van der Waals surface area (Å²) in [7, 11) is 3.23. The molecule has 1 saturated heterocycles. The summed E-state index contributed by atoms with van der Waals surface area (Å²) in [4.78, 5) is 28.9. The molecule has 4 rings (SSSR count). The molecule has 31 heavy (non-hydrogen) atoms. The number of fused-ring (bicyclic) bond motifs is 1. The maximum atomic E-state index is 12.9. The molecule has 9 heteroatoms. The van der Waals surface area contributed by atoms with Gasteiger partial charge >= 0.3 is 6.18 Å². The van der Waals surface area contributed by atoms with Gasteiger partial charge in [0.1, 0.15) is 5.75 Å². The second-order valence-corrected chi connectivity index (χ2v) is 8.22. The minimum atomic E-state index is -4.35. The monoisotopic (exact) mass is 435 g/mol. The molecule has 0 aliphatic carbocycles. The van der Waals surface area contributed by atoms with Crippen LogP contribution in [0.25, 0.3) is 0 Å². The average molecular weight is 435 g/mol. The van der Waals surface area contributed by atoms with E-state index in [-0.39, 0.29) is 17.4 Å². The summed E-state index contributed by atoms with van der Waals surface area (Å²) in [5.41, 5.74) is 2.12. The van der Waals surface area contributed by atoms with E-state index in [1.807, 2.05) is 4.90 Å². The number of rotatable bonds is 4. The van der Waals surface area contributed by atoms with Crippen molar-refractivity contribution in [1.82, 2.24) is 9.47 Å². The van der Waals surface area contributed by atoms with E-state index in [4.69, 9.17) is 4.74 Å². The van der Waals surface area contributed by atoms with Crippen LogP contribution in [-0.4, -0.2) is 35.6 Å². The summed E-state index contributed by atoms with van der Waals surface area (Å²) < 4.78 is 45.1. The first-order valence-corrected chi connectivity index (χ1v) is 10.1. The Morgan fingerprint density at radius 3 is 2.39 bits per heavy atom. The van der Waals surface area contributed by atoms with Gasteiger partial charge in [0.2, 0.25) is 5.91 Å². The second-order valence-electron chi connectivity index (χ2n) is 8.22. The fourth-order valence-corrected chi connectivity index (χ4v) is 4.42. The first-order chi connectivity index (χ1) is 14.6. The molecule has 1 aromatic heterocycles. The van der Waals surface area contributed by atoms with Crippen LogP contribution in [0.2, 0.25) is 0 Å². The van der Waals surface area contributed by atoms with Crippen LogP contribution in [-0.2, 0) is 31.1 Å². The van der Waals surface area contributed by atoms with Crippen molar-refractivity contribution >= 4 is 11.6 Å². The predicted molar refractivity (Wildman–Crippen MR) is 109 cm³/mol. The molecule has 0 spiro atoms. The quantitative estimate of drug-likeness (QED) is 0.741. The van der Waals surface area contributed by atoms with Gasteiger partial charge in [0.05, 0.1) is 31.3 Å². The summed E-state index contributed by atoms with van der Waals surface area (Å²) >= 11 is 0. The summed E-state index contributed by atoms with van der Waals surface area (Å²) in [6.07, 6.45) is -3.99. The zero-order chi connectivity index (χ0) is 22.5. The van der Waals surface area contributed by atoms with Crippen LogP contribution in [0.5, 0.6) is 5.75 Å². The van der Waals surface area contributed by atoms with E-state index >= 15 is 0 Å². The smallest absolute Gasteiger partial charge is 0.416 e. The Balaban J connectivity index is 1.36. The van der Waals surface area contributed by atoms with Crippen molar-refractivity contribution in [3.05, 3.63) is 57.0 Å². The molecular formula is C22H24F3N3O3. The molecule has 0 saturated carbocycles. The van der Waals surface area contributed by atoms with Crippen molar-refractivity contribution < 1.29 is 22.7 Å². The van der Waals surface area contributed by atoms with Crippen LogP contribution in [0.3, 0.4) is 0 Å². The number of carbonyl (C=O) groups is 1. The van der Waals surface area contributed by atoms with Crippen LogP contribution in [0, 0.1) is 12.8 Å². The van der Waals surface area contributed by atoms with E-state index in [0.29, 0.717) is 43.9 Å². The molecule has 1 aromatic carbocycles. The molecule has 0 radical (unpaired) electrons. The highest BCUT2D eigenvalue weighted by Gasteiger charge is 2.35. The van der Waals surface area contributed by atoms with Gasteiger partial charge in [-0.2, -0.15) is 13.2 Å². The van der Waals surface area contributed by atoms with Gasteiger partial charge in [0, 0.05) is 49.4 Å². The van der Waals surface area contributed by atoms with Crippen LogP contribution in [0.15, 0.2) is 29.1 Å². The van der Waals surface area contributed by atoms with Crippen molar-refractivity contribution in [2.45, 2.75) is 32.6 Å². The maximum Gasteiger partial charge on any atom is 0.416 e. The fraction of sp³-hybridized carbons (Fsp3) is 0.455.